The van der Waals surface area contributed by atoms with Gasteiger partial charge in [-0.15, -0.1) is 0 Å². The second-order valence-electron chi connectivity index (χ2n) is 9.91. The predicted octanol–water partition coefficient (Wildman–Crippen LogP) is 4.71. The number of ether oxygens (including phenoxy) is 1. The molecule has 3 aromatic heterocycles. The van der Waals surface area contributed by atoms with Crippen molar-refractivity contribution < 1.29 is 26.7 Å². The van der Waals surface area contributed by atoms with Crippen LogP contribution in [0.25, 0.3) is 22.4 Å². The van der Waals surface area contributed by atoms with Gasteiger partial charge in [0.15, 0.2) is 23.1 Å². The molecule has 0 bridgehead atoms. The number of benzene rings is 1. The summed E-state index contributed by atoms with van der Waals surface area (Å²) in [5.41, 5.74) is 0.480. The molecule has 0 radical (unpaired) electrons. The highest BCUT2D eigenvalue weighted by molar-refractivity contribution is 7.90. The van der Waals surface area contributed by atoms with E-state index in [4.69, 9.17) is 4.74 Å². The van der Waals surface area contributed by atoms with E-state index in [1.807, 2.05) is 27.7 Å². The number of aryl methyl sites for hydroxylation is 1. The summed E-state index contributed by atoms with van der Waals surface area (Å²) in [7, 11) is -2.86. The van der Waals surface area contributed by atoms with Crippen molar-refractivity contribution >= 4 is 32.8 Å². The van der Waals surface area contributed by atoms with Crippen molar-refractivity contribution in [3.63, 3.8) is 0 Å². The molecule has 1 atom stereocenters. The molecule has 200 valence electrons. The molecule has 0 saturated heterocycles. The van der Waals surface area contributed by atoms with Crippen molar-refractivity contribution in [2.24, 2.45) is 5.41 Å². The molecule has 1 aromatic carbocycles. The number of hydrogen-bond acceptors (Lipinski definition) is 8. The van der Waals surface area contributed by atoms with Gasteiger partial charge >= 0.3 is 5.97 Å². The fourth-order valence-corrected chi connectivity index (χ4v) is 5.15. The Bertz CT molecular complexity index is 1610. The van der Waals surface area contributed by atoms with Crippen molar-refractivity contribution in [3.05, 3.63) is 66.1 Å². The molecule has 3 heterocycles. The molecule has 0 aliphatic carbocycles. The Morgan fingerprint density at radius 1 is 1.13 bits per heavy atom. The van der Waals surface area contributed by atoms with Crippen LogP contribution in [0.5, 0.6) is 0 Å². The molecule has 0 saturated carbocycles. The highest BCUT2D eigenvalue weighted by atomic mass is 32.2. The molecule has 38 heavy (non-hydrogen) atoms. The average molecular weight is 544 g/mol. The van der Waals surface area contributed by atoms with Crippen LogP contribution in [0.1, 0.15) is 32.8 Å². The van der Waals surface area contributed by atoms with Crippen LogP contribution >= 0.6 is 0 Å². The molecule has 1 N–H and O–H groups in total. The molecule has 0 aliphatic heterocycles. The van der Waals surface area contributed by atoms with Gasteiger partial charge in [-0.05, 0) is 30.5 Å². The third kappa shape index (κ3) is 5.35. The highest BCUT2D eigenvalue weighted by Gasteiger charge is 2.30. The zero-order valence-electron chi connectivity index (χ0n) is 21.5. The SMILES string of the molecule is COC(=O)CC(Nc1nc(-c2cn(S(=O)(=O)c3ccc(C)cc3)c3ncc(F)cc23)ncc1F)C(C)(C)C. The standard InChI is InChI=1S/C26H27F2N5O4S/c1-15-6-8-17(9-7-15)38(35,36)33-14-19(18-10-16(27)12-30-25(18)33)23-29-13-20(28)24(32-23)31-21(26(2,3)4)11-22(34)37-5/h6-10,12-14,21H,11H2,1-5H3,(H,29,31,32). The van der Waals surface area contributed by atoms with Gasteiger partial charge in [-0.1, -0.05) is 38.5 Å². The van der Waals surface area contributed by atoms with Crippen molar-refractivity contribution in [1.29, 1.82) is 0 Å². The summed E-state index contributed by atoms with van der Waals surface area (Å²) in [4.78, 5) is 24.3. The van der Waals surface area contributed by atoms with Crippen molar-refractivity contribution in [3.8, 4) is 11.4 Å². The van der Waals surface area contributed by atoms with Crippen LogP contribution in [0.15, 0.2) is 53.8 Å². The maximum atomic E-state index is 14.8. The Morgan fingerprint density at radius 2 is 1.82 bits per heavy atom. The van der Waals surface area contributed by atoms with E-state index in [1.54, 1.807) is 12.1 Å². The summed E-state index contributed by atoms with van der Waals surface area (Å²) in [6.45, 7) is 7.43. The first-order valence-electron chi connectivity index (χ1n) is 11.7. The normalized spacial score (nSPS) is 12.9. The number of nitrogens with zero attached hydrogens (tertiary/aromatic N) is 4. The molecule has 4 aromatic rings. The smallest absolute Gasteiger partial charge is 0.307 e. The summed E-state index contributed by atoms with van der Waals surface area (Å²) in [6, 6.07) is 6.80. The van der Waals surface area contributed by atoms with E-state index in [1.165, 1.54) is 25.4 Å². The minimum atomic E-state index is -4.12. The molecule has 0 amide bonds. The molecule has 4 rings (SSSR count). The Morgan fingerprint density at radius 3 is 2.45 bits per heavy atom. The predicted molar refractivity (Wildman–Crippen MR) is 138 cm³/mol. The molecular weight excluding hydrogens is 516 g/mol. The summed E-state index contributed by atoms with van der Waals surface area (Å²) in [5, 5.41) is 3.07. The van der Waals surface area contributed by atoms with Crippen LogP contribution in [0.4, 0.5) is 14.6 Å². The molecular formula is C26H27F2N5O4S. The monoisotopic (exact) mass is 543 g/mol. The number of hydrogen-bond donors (Lipinski definition) is 1. The topological polar surface area (TPSA) is 116 Å². The maximum absolute atomic E-state index is 14.8. The lowest BCUT2D eigenvalue weighted by molar-refractivity contribution is -0.141. The zero-order valence-corrected chi connectivity index (χ0v) is 22.3. The number of carbonyl (C=O) groups excluding carboxylic acids is 1. The van der Waals surface area contributed by atoms with E-state index in [2.05, 4.69) is 20.3 Å². The van der Waals surface area contributed by atoms with Gasteiger partial charge in [-0.3, -0.25) is 4.79 Å². The van der Waals surface area contributed by atoms with E-state index in [9.17, 15) is 22.0 Å². The first-order valence-corrected chi connectivity index (χ1v) is 13.1. The molecule has 0 fully saturated rings. The fraction of sp³-hybridized carbons (Fsp3) is 0.308. The first kappa shape index (κ1) is 27.1. The number of anilines is 1. The lowest BCUT2D eigenvalue weighted by Crippen LogP contribution is -2.37. The summed E-state index contributed by atoms with van der Waals surface area (Å²) >= 11 is 0. The molecule has 1 unspecified atom stereocenters. The molecule has 9 nitrogen and oxygen atoms in total. The van der Waals surface area contributed by atoms with Crippen LogP contribution in [0, 0.1) is 24.0 Å². The van der Waals surface area contributed by atoms with E-state index in [-0.39, 0.29) is 39.6 Å². The van der Waals surface area contributed by atoms with E-state index >= 15 is 0 Å². The Balaban J connectivity index is 1.84. The van der Waals surface area contributed by atoms with Crippen LogP contribution in [-0.2, 0) is 19.6 Å². The maximum Gasteiger partial charge on any atom is 0.307 e. The van der Waals surface area contributed by atoms with Gasteiger partial charge in [-0.2, -0.15) is 0 Å². The quantitative estimate of drug-likeness (QED) is 0.333. The van der Waals surface area contributed by atoms with E-state index < -0.39 is 39.1 Å². The van der Waals surface area contributed by atoms with Crippen molar-refractivity contribution in [1.82, 2.24) is 18.9 Å². The van der Waals surface area contributed by atoms with Crippen molar-refractivity contribution in [2.45, 2.75) is 45.1 Å². The third-order valence-corrected chi connectivity index (χ3v) is 7.76. The van der Waals surface area contributed by atoms with Gasteiger partial charge in [0, 0.05) is 23.2 Å². The van der Waals surface area contributed by atoms with Crippen LogP contribution in [-0.4, -0.2) is 46.5 Å². The Labute approximate surface area is 219 Å². The van der Waals surface area contributed by atoms with Crippen molar-refractivity contribution in [2.75, 3.05) is 12.4 Å². The second kappa shape index (κ2) is 10.1. The van der Waals surface area contributed by atoms with Gasteiger partial charge < -0.3 is 10.1 Å². The fourth-order valence-electron chi connectivity index (χ4n) is 3.83. The number of carbonyl (C=O) groups is 1. The molecule has 0 spiro atoms. The number of aromatic nitrogens is 4. The number of nitrogens with one attached hydrogen (secondary N) is 1. The van der Waals surface area contributed by atoms with Gasteiger partial charge in [0.25, 0.3) is 10.0 Å². The largest absolute Gasteiger partial charge is 0.469 e. The summed E-state index contributed by atoms with van der Waals surface area (Å²) in [5.74, 6) is -2.23. The third-order valence-electron chi connectivity index (χ3n) is 6.10. The first-order chi connectivity index (χ1) is 17.8. The Hall–Kier alpha value is -3.93. The van der Waals surface area contributed by atoms with Gasteiger partial charge in [-0.25, -0.2) is 36.1 Å². The van der Waals surface area contributed by atoms with Crippen LogP contribution in [0.2, 0.25) is 0 Å². The van der Waals surface area contributed by atoms with Crippen LogP contribution < -0.4 is 5.32 Å². The van der Waals surface area contributed by atoms with Crippen LogP contribution in [0.3, 0.4) is 0 Å². The van der Waals surface area contributed by atoms with Gasteiger partial charge in [0.2, 0.25) is 0 Å². The second-order valence-corrected chi connectivity index (χ2v) is 11.7. The minimum Gasteiger partial charge on any atom is -0.469 e. The molecule has 0 aliphatic rings. The number of esters is 1. The number of rotatable bonds is 7. The zero-order chi connectivity index (χ0) is 27.8. The number of methoxy groups -OCH3 is 1. The lowest BCUT2D eigenvalue weighted by Gasteiger charge is -2.31. The van der Waals surface area contributed by atoms with E-state index in [0.29, 0.717) is 0 Å². The highest BCUT2D eigenvalue weighted by Crippen LogP contribution is 2.33. The molecule has 12 heteroatoms. The average Bonchev–Trinajstić information content (AvgIpc) is 3.24. The number of halogens is 2. The summed E-state index contributed by atoms with van der Waals surface area (Å²) < 4.78 is 61.7. The number of pyridine rings is 1. The van der Waals surface area contributed by atoms with Gasteiger partial charge in [0.1, 0.15) is 5.82 Å². The van der Waals surface area contributed by atoms with E-state index in [0.717, 1.165) is 28.0 Å². The lowest BCUT2D eigenvalue weighted by atomic mass is 9.84. The Kier molecular flexibility index (Phi) is 7.20. The minimum absolute atomic E-state index is 0.0101. The van der Waals surface area contributed by atoms with Gasteiger partial charge in [0.05, 0.1) is 30.8 Å². The summed E-state index contributed by atoms with van der Waals surface area (Å²) in [6.07, 6.45) is 3.01. The number of fused-ring (bicyclic) bond motifs is 1.